The Morgan fingerprint density at radius 1 is 1.36 bits per heavy atom. The standard InChI is InChI=1S/C9H6N4S/c1-2-6(4-10-3-1)8-12-7-5-11-13-9(7)14-8/h1-5,7H. The van der Waals surface area contributed by atoms with Crippen LogP contribution in [0.1, 0.15) is 5.56 Å². The number of rotatable bonds is 1. The van der Waals surface area contributed by atoms with Gasteiger partial charge in [0, 0.05) is 18.0 Å². The van der Waals surface area contributed by atoms with Crippen LogP contribution in [0.5, 0.6) is 0 Å². The molecule has 3 rings (SSSR count). The molecular weight excluding hydrogens is 196 g/mol. The van der Waals surface area contributed by atoms with Crippen molar-refractivity contribution in [3.63, 3.8) is 0 Å². The Balaban J connectivity index is 1.96. The zero-order valence-corrected chi connectivity index (χ0v) is 7.98. The van der Waals surface area contributed by atoms with Crippen molar-refractivity contribution >= 4 is 28.1 Å². The molecule has 1 atom stereocenters. The van der Waals surface area contributed by atoms with Crippen LogP contribution in [0.3, 0.4) is 0 Å². The quantitative estimate of drug-likeness (QED) is 0.690. The molecule has 68 valence electrons. The predicted molar refractivity (Wildman–Crippen MR) is 58.1 cm³/mol. The van der Waals surface area contributed by atoms with E-state index in [2.05, 4.69) is 20.2 Å². The fraction of sp³-hybridized carbons (Fsp3) is 0.111. The highest BCUT2D eigenvalue weighted by atomic mass is 32.2. The second kappa shape index (κ2) is 3.02. The Morgan fingerprint density at radius 2 is 2.36 bits per heavy atom. The van der Waals surface area contributed by atoms with E-state index in [1.165, 1.54) is 0 Å². The number of pyridine rings is 1. The van der Waals surface area contributed by atoms with Crippen molar-refractivity contribution in [1.29, 1.82) is 0 Å². The van der Waals surface area contributed by atoms with Gasteiger partial charge >= 0.3 is 0 Å². The lowest BCUT2D eigenvalue weighted by Crippen LogP contribution is -2.06. The molecule has 0 bridgehead atoms. The molecule has 0 spiro atoms. The van der Waals surface area contributed by atoms with Crippen molar-refractivity contribution in [2.24, 2.45) is 15.2 Å². The summed E-state index contributed by atoms with van der Waals surface area (Å²) in [6, 6.07) is 3.95. The highest BCUT2D eigenvalue weighted by molar-refractivity contribution is 8.27. The maximum atomic E-state index is 4.48. The molecular formula is C9H6N4S. The molecule has 0 N–H and O–H groups in total. The molecule has 3 heterocycles. The molecule has 1 unspecified atom stereocenters. The smallest absolute Gasteiger partial charge is 0.138 e. The van der Waals surface area contributed by atoms with E-state index in [1.807, 2.05) is 18.3 Å². The van der Waals surface area contributed by atoms with Gasteiger partial charge in [-0.15, -0.1) is 5.10 Å². The van der Waals surface area contributed by atoms with E-state index in [4.69, 9.17) is 0 Å². The first kappa shape index (κ1) is 7.87. The zero-order valence-electron chi connectivity index (χ0n) is 7.16. The maximum absolute atomic E-state index is 4.48. The molecule has 14 heavy (non-hydrogen) atoms. The van der Waals surface area contributed by atoms with Crippen molar-refractivity contribution in [3.8, 4) is 0 Å². The molecule has 0 fully saturated rings. The molecule has 1 aromatic rings. The van der Waals surface area contributed by atoms with Gasteiger partial charge in [-0.05, 0) is 23.9 Å². The summed E-state index contributed by atoms with van der Waals surface area (Å²) in [5, 5.41) is 9.74. The Labute approximate surface area is 84.9 Å². The van der Waals surface area contributed by atoms with Crippen LogP contribution >= 0.6 is 11.8 Å². The first-order chi connectivity index (χ1) is 6.93. The molecule has 0 saturated carbocycles. The molecule has 5 heteroatoms. The molecule has 0 radical (unpaired) electrons. The third kappa shape index (κ3) is 1.17. The average Bonchev–Trinajstić information content (AvgIpc) is 2.78. The SMILES string of the molecule is C1=NN=C2SC(c3cccnc3)=NC12. The van der Waals surface area contributed by atoms with Gasteiger partial charge in [0.1, 0.15) is 16.1 Å². The fourth-order valence-corrected chi connectivity index (χ4v) is 2.25. The van der Waals surface area contributed by atoms with Crippen molar-refractivity contribution in [2.75, 3.05) is 0 Å². The van der Waals surface area contributed by atoms with Gasteiger partial charge in [-0.2, -0.15) is 5.10 Å². The van der Waals surface area contributed by atoms with Crippen molar-refractivity contribution < 1.29 is 0 Å². The third-order valence-electron chi connectivity index (χ3n) is 1.98. The summed E-state index contributed by atoms with van der Waals surface area (Å²) >= 11 is 1.57. The maximum Gasteiger partial charge on any atom is 0.138 e. The number of aliphatic imine (C=N–C) groups is 1. The van der Waals surface area contributed by atoms with Gasteiger partial charge in [0.2, 0.25) is 0 Å². The largest absolute Gasteiger partial charge is 0.264 e. The van der Waals surface area contributed by atoms with E-state index >= 15 is 0 Å². The van der Waals surface area contributed by atoms with E-state index in [0.29, 0.717) is 0 Å². The molecule has 0 aliphatic carbocycles. The molecule has 2 aliphatic heterocycles. The van der Waals surface area contributed by atoms with E-state index in [0.717, 1.165) is 15.7 Å². The highest BCUT2D eigenvalue weighted by Crippen LogP contribution is 2.27. The molecule has 0 amide bonds. The van der Waals surface area contributed by atoms with Gasteiger partial charge in [-0.3, -0.25) is 9.98 Å². The molecule has 0 aromatic carbocycles. The van der Waals surface area contributed by atoms with E-state index < -0.39 is 0 Å². The van der Waals surface area contributed by atoms with Gasteiger partial charge < -0.3 is 0 Å². The van der Waals surface area contributed by atoms with Crippen LogP contribution in [0.15, 0.2) is 39.7 Å². The third-order valence-corrected chi connectivity index (χ3v) is 3.05. The van der Waals surface area contributed by atoms with Crippen LogP contribution in [-0.2, 0) is 0 Å². The first-order valence-electron chi connectivity index (χ1n) is 4.20. The molecule has 4 nitrogen and oxygen atoms in total. The van der Waals surface area contributed by atoms with Gasteiger partial charge in [-0.1, -0.05) is 0 Å². The molecule has 0 saturated heterocycles. The highest BCUT2D eigenvalue weighted by Gasteiger charge is 2.28. The second-order valence-electron chi connectivity index (χ2n) is 2.93. The summed E-state index contributed by atoms with van der Waals surface area (Å²) in [5.41, 5.74) is 1.04. The lowest BCUT2D eigenvalue weighted by molar-refractivity contribution is 1.21. The monoisotopic (exact) mass is 202 g/mol. The number of nitrogens with zero attached hydrogens (tertiary/aromatic N) is 4. The van der Waals surface area contributed by atoms with Crippen LogP contribution in [-0.4, -0.2) is 27.3 Å². The number of hydrogen-bond donors (Lipinski definition) is 0. The van der Waals surface area contributed by atoms with Crippen LogP contribution < -0.4 is 0 Å². The van der Waals surface area contributed by atoms with E-state index in [-0.39, 0.29) is 6.04 Å². The summed E-state index contributed by atoms with van der Waals surface area (Å²) in [6.45, 7) is 0. The topological polar surface area (TPSA) is 50.0 Å². The summed E-state index contributed by atoms with van der Waals surface area (Å²) in [7, 11) is 0. The number of hydrogen-bond acceptors (Lipinski definition) is 5. The molecule has 1 aromatic heterocycles. The second-order valence-corrected chi connectivity index (χ2v) is 3.93. The minimum absolute atomic E-state index is 0.0511. The normalized spacial score (nSPS) is 23.3. The lowest BCUT2D eigenvalue weighted by atomic mass is 10.3. The van der Waals surface area contributed by atoms with Crippen LogP contribution in [0.25, 0.3) is 0 Å². The lowest BCUT2D eigenvalue weighted by Gasteiger charge is -1.96. The summed E-state index contributed by atoms with van der Waals surface area (Å²) in [5.74, 6) is 0. The van der Waals surface area contributed by atoms with E-state index in [9.17, 15) is 0 Å². The first-order valence-corrected chi connectivity index (χ1v) is 5.02. The van der Waals surface area contributed by atoms with Gasteiger partial charge in [0.15, 0.2) is 0 Å². The van der Waals surface area contributed by atoms with Crippen LogP contribution in [0, 0.1) is 0 Å². The Morgan fingerprint density at radius 3 is 3.14 bits per heavy atom. The number of thioether (sulfide) groups is 1. The summed E-state index contributed by atoms with van der Waals surface area (Å²) < 4.78 is 0. The van der Waals surface area contributed by atoms with Crippen molar-refractivity contribution in [3.05, 3.63) is 30.1 Å². The predicted octanol–water partition coefficient (Wildman–Crippen LogP) is 1.34. The van der Waals surface area contributed by atoms with Crippen LogP contribution in [0.2, 0.25) is 0 Å². The van der Waals surface area contributed by atoms with E-state index in [1.54, 1.807) is 24.2 Å². The van der Waals surface area contributed by atoms with Gasteiger partial charge in [0.25, 0.3) is 0 Å². The zero-order chi connectivity index (χ0) is 9.38. The number of aromatic nitrogens is 1. The van der Waals surface area contributed by atoms with Gasteiger partial charge in [0.05, 0.1) is 6.21 Å². The summed E-state index contributed by atoms with van der Waals surface area (Å²) in [6.07, 6.45) is 5.32. The van der Waals surface area contributed by atoms with Gasteiger partial charge in [-0.25, -0.2) is 0 Å². The molecule has 2 aliphatic rings. The fourth-order valence-electron chi connectivity index (χ4n) is 1.32. The average molecular weight is 202 g/mol. The van der Waals surface area contributed by atoms with Crippen LogP contribution in [0.4, 0.5) is 0 Å². The van der Waals surface area contributed by atoms with Crippen molar-refractivity contribution in [2.45, 2.75) is 6.04 Å². The Hall–Kier alpha value is -1.49. The minimum atomic E-state index is 0.0511. The number of fused-ring (bicyclic) bond motifs is 1. The minimum Gasteiger partial charge on any atom is -0.264 e. The summed E-state index contributed by atoms with van der Waals surface area (Å²) in [4.78, 5) is 8.54. The van der Waals surface area contributed by atoms with Crippen molar-refractivity contribution in [1.82, 2.24) is 4.98 Å². The Kier molecular flexibility index (Phi) is 1.70. The Bertz CT molecular complexity index is 449.